The van der Waals surface area contributed by atoms with Gasteiger partial charge in [0.2, 0.25) is 0 Å². The van der Waals surface area contributed by atoms with Gasteiger partial charge in [-0.3, -0.25) is 0 Å². The lowest BCUT2D eigenvalue weighted by atomic mass is 10.1. The Hall–Kier alpha value is -1.39. The average Bonchev–Trinajstić information content (AvgIpc) is 2.91. The van der Waals surface area contributed by atoms with Crippen LogP contribution in [0.5, 0.6) is 0 Å². The van der Waals surface area contributed by atoms with Crippen LogP contribution in [-0.4, -0.2) is 20.1 Å². The van der Waals surface area contributed by atoms with Crippen LogP contribution >= 0.6 is 11.3 Å². The van der Waals surface area contributed by atoms with E-state index in [9.17, 15) is 4.39 Å². The highest BCUT2D eigenvalue weighted by atomic mass is 32.1. The molecule has 0 saturated carbocycles. The van der Waals surface area contributed by atoms with E-state index in [0.29, 0.717) is 12.6 Å². The number of hydrogen-bond acceptors (Lipinski definition) is 3. The smallest absolute Gasteiger partial charge is 0.123 e. The Morgan fingerprint density at radius 3 is 2.80 bits per heavy atom. The van der Waals surface area contributed by atoms with Gasteiger partial charge in [-0.2, -0.15) is 0 Å². The highest BCUT2D eigenvalue weighted by Gasteiger charge is 2.15. The molecule has 0 aliphatic heterocycles. The van der Waals surface area contributed by atoms with E-state index in [1.54, 1.807) is 17.4 Å². The zero-order valence-corrected chi connectivity index (χ0v) is 13.0. The lowest BCUT2D eigenvalue weighted by Crippen LogP contribution is -2.31. The molecule has 2 aromatic rings. The Kier molecular flexibility index (Phi) is 5.15. The Bertz CT molecular complexity index is 539. The molecule has 0 aliphatic carbocycles. The van der Waals surface area contributed by atoms with Crippen molar-refractivity contribution in [2.45, 2.75) is 25.9 Å². The SMILES string of the molecule is CNCc1cc(F)ccc1N(C)C(C)Cc1cccs1. The molecule has 0 amide bonds. The lowest BCUT2D eigenvalue weighted by Gasteiger charge is -2.29. The van der Waals surface area contributed by atoms with Gasteiger partial charge in [0.25, 0.3) is 0 Å². The maximum Gasteiger partial charge on any atom is 0.123 e. The molecule has 1 atom stereocenters. The number of nitrogens with zero attached hydrogens (tertiary/aromatic N) is 1. The van der Waals surface area contributed by atoms with Crippen LogP contribution in [0.2, 0.25) is 0 Å². The largest absolute Gasteiger partial charge is 0.371 e. The van der Waals surface area contributed by atoms with Crippen LogP contribution in [0.4, 0.5) is 10.1 Å². The summed E-state index contributed by atoms with van der Waals surface area (Å²) in [6, 6.07) is 9.62. The molecule has 0 fully saturated rings. The zero-order chi connectivity index (χ0) is 14.5. The first kappa shape index (κ1) is 15.0. The molecule has 20 heavy (non-hydrogen) atoms. The van der Waals surface area contributed by atoms with Crippen LogP contribution < -0.4 is 10.2 Å². The van der Waals surface area contributed by atoms with Crippen molar-refractivity contribution in [1.82, 2.24) is 5.32 Å². The Morgan fingerprint density at radius 2 is 2.15 bits per heavy atom. The molecule has 0 saturated heterocycles. The summed E-state index contributed by atoms with van der Waals surface area (Å²) >= 11 is 1.78. The fourth-order valence-corrected chi connectivity index (χ4v) is 3.15. The monoisotopic (exact) mass is 292 g/mol. The summed E-state index contributed by atoms with van der Waals surface area (Å²) in [7, 11) is 3.95. The minimum atomic E-state index is -0.182. The number of benzene rings is 1. The zero-order valence-electron chi connectivity index (χ0n) is 12.2. The van der Waals surface area contributed by atoms with Gasteiger partial charge in [0.15, 0.2) is 0 Å². The first-order valence-electron chi connectivity index (χ1n) is 6.80. The van der Waals surface area contributed by atoms with Gasteiger partial charge in [-0.05, 0) is 49.2 Å². The number of nitrogens with one attached hydrogen (secondary N) is 1. The molecule has 0 aliphatic rings. The number of halogens is 1. The molecular weight excluding hydrogens is 271 g/mol. The van der Waals surface area contributed by atoms with Gasteiger partial charge >= 0.3 is 0 Å². The van der Waals surface area contributed by atoms with Crippen LogP contribution in [0.15, 0.2) is 35.7 Å². The predicted molar refractivity (Wildman–Crippen MR) is 85.1 cm³/mol. The third-order valence-electron chi connectivity index (χ3n) is 3.53. The highest BCUT2D eigenvalue weighted by Crippen LogP contribution is 2.24. The summed E-state index contributed by atoms with van der Waals surface area (Å²) in [5, 5.41) is 5.20. The van der Waals surface area contributed by atoms with Crippen LogP contribution in [0, 0.1) is 5.82 Å². The van der Waals surface area contributed by atoms with Crippen molar-refractivity contribution in [3.05, 3.63) is 52.0 Å². The molecule has 108 valence electrons. The van der Waals surface area contributed by atoms with E-state index in [2.05, 4.69) is 41.7 Å². The van der Waals surface area contributed by atoms with Crippen molar-refractivity contribution >= 4 is 17.0 Å². The third kappa shape index (κ3) is 3.58. The van der Waals surface area contributed by atoms with Crippen LogP contribution in [0.3, 0.4) is 0 Å². The molecule has 1 aromatic carbocycles. The van der Waals surface area contributed by atoms with E-state index in [0.717, 1.165) is 17.7 Å². The first-order chi connectivity index (χ1) is 9.61. The van der Waals surface area contributed by atoms with Crippen molar-refractivity contribution in [3.8, 4) is 0 Å². The number of rotatable bonds is 6. The molecule has 1 aromatic heterocycles. The van der Waals surface area contributed by atoms with Crippen LogP contribution in [0.1, 0.15) is 17.4 Å². The molecule has 4 heteroatoms. The van der Waals surface area contributed by atoms with Gasteiger partial charge in [-0.25, -0.2) is 4.39 Å². The summed E-state index contributed by atoms with van der Waals surface area (Å²) in [6.45, 7) is 2.87. The lowest BCUT2D eigenvalue weighted by molar-refractivity contribution is 0.621. The highest BCUT2D eigenvalue weighted by molar-refractivity contribution is 7.09. The van der Waals surface area contributed by atoms with Crippen molar-refractivity contribution in [1.29, 1.82) is 0 Å². The minimum Gasteiger partial charge on any atom is -0.371 e. The molecule has 0 bridgehead atoms. The number of thiophene rings is 1. The second kappa shape index (κ2) is 6.86. The number of likely N-dealkylation sites (N-methyl/N-ethyl adjacent to an activating group) is 1. The third-order valence-corrected chi connectivity index (χ3v) is 4.43. The molecular formula is C16H21FN2S. The molecule has 0 radical (unpaired) electrons. The first-order valence-corrected chi connectivity index (χ1v) is 7.68. The van der Waals surface area contributed by atoms with E-state index in [-0.39, 0.29) is 5.82 Å². The van der Waals surface area contributed by atoms with Crippen LogP contribution in [-0.2, 0) is 13.0 Å². The summed E-state index contributed by atoms with van der Waals surface area (Å²) in [6.07, 6.45) is 1.00. The number of anilines is 1. The predicted octanol–water partition coefficient (Wildman–Crippen LogP) is 3.67. The molecule has 2 rings (SSSR count). The normalized spacial score (nSPS) is 12.4. The summed E-state index contributed by atoms with van der Waals surface area (Å²) in [5.74, 6) is -0.182. The Balaban J connectivity index is 2.17. The fraction of sp³-hybridized carbons (Fsp3) is 0.375. The molecule has 1 unspecified atom stereocenters. The molecule has 2 nitrogen and oxygen atoms in total. The quantitative estimate of drug-likeness (QED) is 0.874. The second-order valence-corrected chi connectivity index (χ2v) is 6.08. The Labute approximate surface area is 124 Å². The van der Waals surface area contributed by atoms with E-state index < -0.39 is 0 Å². The van der Waals surface area contributed by atoms with Crippen molar-refractivity contribution < 1.29 is 4.39 Å². The van der Waals surface area contributed by atoms with Gasteiger partial charge in [0, 0.05) is 36.6 Å². The van der Waals surface area contributed by atoms with Crippen molar-refractivity contribution in [2.24, 2.45) is 0 Å². The van der Waals surface area contributed by atoms with E-state index >= 15 is 0 Å². The van der Waals surface area contributed by atoms with Crippen molar-refractivity contribution in [3.63, 3.8) is 0 Å². The summed E-state index contributed by atoms with van der Waals surface area (Å²) in [4.78, 5) is 3.60. The Morgan fingerprint density at radius 1 is 1.35 bits per heavy atom. The van der Waals surface area contributed by atoms with Gasteiger partial charge in [-0.1, -0.05) is 6.07 Å². The minimum absolute atomic E-state index is 0.182. The van der Waals surface area contributed by atoms with Gasteiger partial charge in [-0.15, -0.1) is 11.3 Å². The second-order valence-electron chi connectivity index (χ2n) is 5.05. The molecule has 1 N–H and O–H groups in total. The van der Waals surface area contributed by atoms with E-state index in [1.165, 1.54) is 10.9 Å². The maximum atomic E-state index is 13.4. The van der Waals surface area contributed by atoms with Gasteiger partial charge in [0.05, 0.1) is 0 Å². The fourth-order valence-electron chi connectivity index (χ4n) is 2.32. The summed E-state index contributed by atoms with van der Waals surface area (Å²) in [5.41, 5.74) is 2.08. The maximum absolute atomic E-state index is 13.4. The average molecular weight is 292 g/mol. The molecule has 1 heterocycles. The van der Waals surface area contributed by atoms with E-state index in [1.807, 2.05) is 13.1 Å². The standard InChI is InChI=1S/C16H21FN2S/c1-12(9-15-5-4-8-20-15)19(3)16-7-6-14(17)10-13(16)11-18-2/h4-8,10,12,18H,9,11H2,1-3H3. The number of hydrogen-bond donors (Lipinski definition) is 1. The van der Waals surface area contributed by atoms with Crippen molar-refractivity contribution in [2.75, 3.05) is 19.0 Å². The van der Waals surface area contributed by atoms with Gasteiger partial charge in [0.1, 0.15) is 5.82 Å². The van der Waals surface area contributed by atoms with Gasteiger partial charge < -0.3 is 10.2 Å². The molecule has 0 spiro atoms. The topological polar surface area (TPSA) is 15.3 Å². The van der Waals surface area contributed by atoms with Crippen LogP contribution in [0.25, 0.3) is 0 Å². The summed E-state index contributed by atoms with van der Waals surface area (Å²) < 4.78 is 13.4. The van der Waals surface area contributed by atoms with E-state index in [4.69, 9.17) is 0 Å².